The van der Waals surface area contributed by atoms with Gasteiger partial charge in [0.05, 0.1) is 0 Å². The van der Waals surface area contributed by atoms with E-state index >= 15 is 0 Å². The zero-order valence-electron chi connectivity index (χ0n) is 31.3. The SMILES string of the molecule is c1ccc(-c2cccc(-c3nc(-c4ccccc4)nc(-c4ccccc4-c4ccc5c(c4)C4(c6c-5ccc5ccccc65)C5CC6CC(C5)CC4C6)n3)c2)cc1. The van der Waals surface area contributed by atoms with Crippen LogP contribution in [0.2, 0.25) is 0 Å². The van der Waals surface area contributed by atoms with Gasteiger partial charge >= 0.3 is 0 Å². The topological polar surface area (TPSA) is 38.7 Å². The Labute approximate surface area is 328 Å². The van der Waals surface area contributed by atoms with Gasteiger partial charge in [-0.2, -0.15) is 0 Å². The van der Waals surface area contributed by atoms with E-state index in [1.165, 1.54) is 65.1 Å². The maximum absolute atomic E-state index is 5.28. The second kappa shape index (κ2) is 12.4. The highest BCUT2D eigenvalue weighted by atomic mass is 15.0. The molecule has 1 heterocycles. The molecule has 0 atom stereocenters. The number of nitrogens with zero attached hydrogens (tertiary/aromatic N) is 3. The van der Waals surface area contributed by atoms with E-state index in [-0.39, 0.29) is 5.41 Å². The van der Waals surface area contributed by atoms with Crippen LogP contribution in [0.1, 0.15) is 43.2 Å². The molecule has 4 saturated carbocycles. The summed E-state index contributed by atoms with van der Waals surface area (Å²) in [6, 6.07) is 59.5. The number of fused-ring (bicyclic) bond motifs is 5. The van der Waals surface area contributed by atoms with Gasteiger partial charge in [-0.25, -0.2) is 15.0 Å². The summed E-state index contributed by atoms with van der Waals surface area (Å²) in [5.74, 6) is 5.18. The molecular weight excluding hydrogens is 679 g/mol. The molecule has 268 valence electrons. The Balaban J connectivity index is 1.04. The van der Waals surface area contributed by atoms with Crippen LogP contribution in [0.25, 0.3) is 78.3 Å². The monoisotopic (exact) mass is 719 g/mol. The van der Waals surface area contributed by atoms with Crippen molar-refractivity contribution in [3.63, 3.8) is 0 Å². The summed E-state index contributed by atoms with van der Waals surface area (Å²) >= 11 is 0. The fourth-order valence-corrected chi connectivity index (χ4v) is 11.9. The number of hydrogen-bond donors (Lipinski definition) is 0. The zero-order chi connectivity index (χ0) is 36.8. The lowest BCUT2D eigenvalue weighted by Gasteiger charge is -2.61. The molecular formula is C53H41N3. The lowest BCUT2D eigenvalue weighted by atomic mass is 9.43. The summed E-state index contributed by atoms with van der Waals surface area (Å²) in [7, 11) is 0. The fourth-order valence-electron chi connectivity index (χ4n) is 11.9. The molecule has 0 aliphatic heterocycles. The van der Waals surface area contributed by atoms with Gasteiger partial charge in [0.2, 0.25) is 0 Å². The van der Waals surface area contributed by atoms with Gasteiger partial charge in [-0.1, -0.05) is 152 Å². The van der Waals surface area contributed by atoms with Gasteiger partial charge in [0.15, 0.2) is 17.5 Å². The molecule has 3 nitrogen and oxygen atoms in total. The van der Waals surface area contributed by atoms with Crippen LogP contribution in [0.4, 0.5) is 0 Å². The molecule has 0 saturated heterocycles. The lowest BCUT2D eigenvalue weighted by Crippen LogP contribution is -2.55. The Morgan fingerprint density at radius 3 is 1.73 bits per heavy atom. The Kier molecular flexibility index (Phi) is 7.11. The summed E-state index contributed by atoms with van der Waals surface area (Å²) < 4.78 is 0. The molecule has 8 aromatic rings. The summed E-state index contributed by atoms with van der Waals surface area (Å²) in [5.41, 5.74) is 13.8. The number of aromatic nitrogens is 3. The van der Waals surface area contributed by atoms with Crippen molar-refractivity contribution in [2.24, 2.45) is 23.7 Å². The maximum Gasteiger partial charge on any atom is 0.164 e. The van der Waals surface area contributed by atoms with E-state index in [1.54, 1.807) is 11.1 Å². The molecule has 3 heteroatoms. The highest BCUT2D eigenvalue weighted by Gasteiger charge is 2.62. The molecule has 1 spiro atoms. The molecule has 5 aliphatic carbocycles. The average molecular weight is 720 g/mol. The van der Waals surface area contributed by atoms with Crippen LogP contribution in [0.5, 0.6) is 0 Å². The second-order valence-electron chi connectivity index (χ2n) is 16.8. The van der Waals surface area contributed by atoms with Crippen molar-refractivity contribution in [3.05, 3.63) is 175 Å². The van der Waals surface area contributed by atoms with E-state index in [4.69, 9.17) is 15.0 Å². The normalized spacial score (nSPS) is 22.7. The van der Waals surface area contributed by atoms with Gasteiger partial charge in [0.25, 0.3) is 0 Å². The fraction of sp³-hybridized carbons (Fsp3) is 0.189. The maximum atomic E-state index is 5.28. The van der Waals surface area contributed by atoms with Gasteiger partial charge in [0, 0.05) is 22.1 Å². The summed E-state index contributed by atoms with van der Waals surface area (Å²) in [5, 5.41) is 2.82. The van der Waals surface area contributed by atoms with Crippen molar-refractivity contribution in [3.8, 4) is 67.5 Å². The number of rotatable bonds is 5. The molecule has 0 N–H and O–H groups in total. The molecule has 4 bridgehead atoms. The van der Waals surface area contributed by atoms with Crippen molar-refractivity contribution in [1.29, 1.82) is 0 Å². The largest absolute Gasteiger partial charge is 0.208 e. The smallest absolute Gasteiger partial charge is 0.164 e. The zero-order valence-corrected chi connectivity index (χ0v) is 31.3. The first kappa shape index (κ1) is 32.1. The minimum Gasteiger partial charge on any atom is -0.208 e. The highest BCUT2D eigenvalue weighted by molar-refractivity contribution is 5.99. The van der Waals surface area contributed by atoms with Crippen LogP contribution < -0.4 is 0 Å². The van der Waals surface area contributed by atoms with Gasteiger partial charge in [-0.3, -0.25) is 0 Å². The van der Waals surface area contributed by atoms with E-state index < -0.39 is 0 Å². The first-order valence-corrected chi connectivity index (χ1v) is 20.4. The summed E-state index contributed by atoms with van der Waals surface area (Å²) in [6.07, 6.45) is 6.88. The van der Waals surface area contributed by atoms with Crippen LogP contribution in [-0.2, 0) is 5.41 Å². The third kappa shape index (κ3) is 4.79. The quantitative estimate of drug-likeness (QED) is 0.178. The molecule has 4 fully saturated rings. The van der Waals surface area contributed by atoms with E-state index in [0.29, 0.717) is 29.3 Å². The standard InChI is InChI=1S/C53H41N3/c1-3-12-35(13-4-1)38-17-11-18-40(31-38)51-54-50(37-15-5-2-6-16-37)55-52(56-51)47-21-10-9-19-43(47)39-23-24-45-46-25-22-36-14-7-8-20-44(36)49(46)53(48(45)32-39)41-27-33-26-34(29-41)30-42(53)28-33/h1-25,31-34,41-42H,26-30H2. The van der Waals surface area contributed by atoms with Crippen molar-refractivity contribution in [2.45, 2.75) is 37.5 Å². The Hall–Kier alpha value is -6.19. The van der Waals surface area contributed by atoms with Crippen LogP contribution in [0.3, 0.4) is 0 Å². The molecule has 0 unspecified atom stereocenters. The molecule has 5 aliphatic rings. The molecule has 0 radical (unpaired) electrons. The lowest BCUT2D eigenvalue weighted by molar-refractivity contribution is -0.0393. The van der Waals surface area contributed by atoms with Crippen molar-refractivity contribution in [1.82, 2.24) is 15.0 Å². The molecule has 7 aromatic carbocycles. The second-order valence-corrected chi connectivity index (χ2v) is 16.8. The summed E-state index contributed by atoms with van der Waals surface area (Å²) in [6.45, 7) is 0. The van der Waals surface area contributed by atoms with Crippen LogP contribution in [-0.4, -0.2) is 15.0 Å². The van der Waals surface area contributed by atoms with Crippen molar-refractivity contribution in [2.75, 3.05) is 0 Å². The van der Waals surface area contributed by atoms with Crippen LogP contribution in [0, 0.1) is 23.7 Å². The number of hydrogen-bond acceptors (Lipinski definition) is 3. The minimum absolute atomic E-state index is 0.0501. The van der Waals surface area contributed by atoms with Gasteiger partial charge in [-0.05, 0) is 123 Å². The minimum atomic E-state index is 0.0501. The van der Waals surface area contributed by atoms with E-state index in [9.17, 15) is 0 Å². The first-order chi connectivity index (χ1) is 27.7. The highest BCUT2D eigenvalue weighted by Crippen LogP contribution is 2.70. The third-order valence-electron chi connectivity index (χ3n) is 13.9. The van der Waals surface area contributed by atoms with E-state index in [2.05, 4.69) is 146 Å². The first-order valence-electron chi connectivity index (χ1n) is 20.4. The molecule has 56 heavy (non-hydrogen) atoms. The third-order valence-corrected chi connectivity index (χ3v) is 13.9. The van der Waals surface area contributed by atoms with Gasteiger partial charge in [-0.15, -0.1) is 0 Å². The van der Waals surface area contributed by atoms with E-state index in [1.807, 2.05) is 18.2 Å². The van der Waals surface area contributed by atoms with Crippen LogP contribution in [0.15, 0.2) is 164 Å². The predicted octanol–water partition coefficient (Wildman–Crippen LogP) is 13.1. The van der Waals surface area contributed by atoms with Gasteiger partial charge in [0.1, 0.15) is 0 Å². The number of benzene rings is 7. The Morgan fingerprint density at radius 2 is 0.964 bits per heavy atom. The molecule has 0 amide bonds. The van der Waals surface area contributed by atoms with Crippen LogP contribution >= 0.6 is 0 Å². The van der Waals surface area contributed by atoms with Gasteiger partial charge < -0.3 is 0 Å². The summed E-state index contributed by atoms with van der Waals surface area (Å²) in [4.78, 5) is 15.6. The predicted molar refractivity (Wildman–Crippen MR) is 228 cm³/mol. The Bertz CT molecular complexity index is 2790. The van der Waals surface area contributed by atoms with Crippen molar-refractivity contribution >= 4 is 10.8 Å². The van der Waals surface area contributed by atoms with Crippen molar-refractivity contribution < 1.29 is 0 Å². The Morgan fingerprint density at radius 1 is 0.375 bits per heavy atom. The molecule has 1 aromatic heterocycles. The van der Waals surface area contributed by atoms with E-state index in [0.717, 1.165) is 39.7 Å². The molecule has 13 rings (SSSR count). The average Bonchev–Trinajstić information content (AvgIpc) is 3.56.